The van der Waals surface area contributed by atoms with Gasteiger partial charge in [0.1, 0.15) is 41.8 Å². The summed E-state index contributed by atoms with van der Waals surface area (Å²) in [6.45, 7) is -0.186. The molecule has 66 heavy (non-hydrogen) atoms. The number of carbonyl (C=O) groups excluding carboxylic acids is 8. The van der Waals surface area contributed by atoms with E-state index in [9.17, 15) is 24.0 Å². The summed E-state index contributed by atoms with van der Waals surface area (Å²) in [6, 6.07) is 6.73. The Kier molecular flexibility index (Phi) is 14.5. The third-order valence-corrected chi connectivity index (χ3v) is 12.3. The van der Waals surface area contributed by atoms with Crippen LogP contribution in [0.25, 0.3) is 10.9 Å². The number of carbonyl (C=O) groups is 8. The van der Waals surface area contributed by atoms with Crippen LogP contribution in [0, 0.1) is 0 Å². The summed E-state index contributed by atoms with van der Waals surface area (Å²) in [5, 5.41) is 17.8. The fraction of sp³-hybridized carbons (Fsp3) is 0.409. The molecule has 0 radical (unpaired) electrons. The number of nitrogens with zero attached hydrogens (tertiary/aromatic N) is 3. The third-order valence-electron chi connectivity index (χ3n) is 12.3. The fourth-order valence-electron chi connectivity index (χ4n) is 8.88. The molecule has 348 valence electrons. The van der Waals surface area contributed by atoms with Crippen LogP contribution >= 0.6 is 0 Å². The third kappa shape index (κ3) is 10.6. The smallest absolute Gasteiger partial charge is 0.331 e. The Morgan fingerprint density at radius 2 is 1.53 bits per heavy atom. The molecule has 22 nitrogen and oxygen atoms in total. The molecule has 2 aromatic heterocycles. The second kappa shape index (κ2) is 20.6. The number of nitrogens with two attached hydrogens (primary N) is 2. The van der Waals surface area contributed by atoms with Crippen LogP contribution in [0.2, 0.25) is 0 Å². The summed E-state index contributed by atoms with van der Waals surface area (Å²) in [5.41, 5.74) is 15.4. The molecule has 3 saturated heterocycles. The van der Waals surface area contributed by atoms with Crippen molar-refractivity contribution in [1.29, 1.82) is 0 Å². The lowest BCUT2D eigenvalue weighted by atomic mass is 9.78. The molecule has 3 aliphatic heterocycles. The number of guanidine groups is 1. The van der Waals surface area contributed by atoms with Crippen molar-refractivity contribution in [3.8, 4) is 0 Å². The molecule has 3 aliphatic rings. The van der Waals surface area contributed by atoms with Gasteiger partial charge in [-0.2, -0.15) is 0 Å². The second-order valence-electron chi connectivity index (χ2n) is 16.8. The van der Waals surface area contributed by atoms with E-state index in [1.54, 1.807) is 36.5 Å². The van der Waals surface area contributed by atoms with Gasteiger partial charge >= 0.3 is 11.9 Å². The predicted octanol–water partition coefficient (Wildman–Crippen LogP) is -2.55. The van der Waals surface area contributed by atoms with Crippen LogP contribution in [-0.4, -0.2) is 128 Å². The quantitative estimate of drug-likeness (QED) is 0.0446. The summed E-state index contributed by atoms with van der Waals surface area (Å²) in [5.74, 6) is -5.75. The lowest BCUT2D eigenvalue weighted by Crippen LogP contribution is -2.72. The van der Waals surface area contributed by atoms with Gasteiger partial charge in [0.25, 0.3) is 5.91 Å². The maximum atomic E-state index is 15.3. The molecule has 4 aromatic rings. The largest absolute Gasteiger partial charge is 0.370 e. The van der Waals surface area contributed by atoms with Gasteiger partial charge in [-0.1, -0.05) is 48.5 Å². The summed E-state index contributed by atoms with van der Waals surface area (Å²) in [7, 11) is 0. The Labute approximate surface area is 378 Å². The first-order valence-electron chi connectivity index (χ1n) is 21.8. The highest BCUT2D eigenvalue weighted by molar-refractivity contribution is 6.09. The first-order chi connectivity index (χ1) is 31.7. The van der Waals surface area contributed by atoms with Crippen molar-refractivity contribution >= 4 is 64.1 Å². The van der Waals surface area contributed by atoms with Crippen LogP contribution in [0.3, 0.4) is 0 Å². The van der Waals surface area contributed by atoms with Gasteiger partial charge < -0.3 is 53.3 Å². The maximum Gasteiger partial charge on any atom is 0.331 e. The molecule has 2 bridgehead atoms. The molecule has 0 saturated carbocycles. The van der Waals surface area contributed by atoms with Crippen molar-refractivity contribution in [1.82, 2.24) is 51.8 Å². The Morgan fingerprint density at radius 3 is 2.27 bits per heavy atom. The minimum Gasteiger partial charge on any atom is -0.370 e. The Morgan fingerprint density at radius 1 is 0.803 bits per heavy atom. The zero-order valence-electron chi connectivity index (χ0n) is 36.1. The number of H-pyrrole nitrogens is 2. The first-order valence-corrected chi connectivity index (χ1v) is 21.8. The van der Waals surface area contributed by atoms with E-state index in [4.69, 9.17) is 11.5 Å². The second-order valence-corrected chi connectivity index (χ2v) is 16.8. The van der Waals surface area contributed by atoms with Crippen molar-refractivity contribution < 1.29 is 44.1 Å². The Balaban J connectivity index is 1.36. The van der Waals surface area contributed by atoms with E-state index in [2.05, 4.69) is 57.6 Å². The minimum atomic E-state index is -2.05. The molecule has 15 N–H and O–H groups in total. The molecule has 7 atom stereocenters. The Bertz CT molecular complexity index is 2490. The van der Waals surface area contributed by atoms with Crippen molar-refractivity contribution in [2.75, 3.05) is 13.1 Å². The van der Waals surface area contributed by atoms with Gasteiger partial charge in [0.05, 0.1) is 6.33 Å². The number of aromatic amines is 2. The van der Waals surface area contributed by atoms with Gasteiger partial charge in [-0.15, -0.1) is 0 Å². The van der Waals surface area contributed by atoms with Crippen molar-refractivity contribution in [3.63, 3.8) is 0 Å². The van der Waals surface area contributed by atoms with E-state index >= 15 is 14.4 Å². The number of aliphatic imine (C=N–C) groups is 1. The van der Waals surface area contributed by atoms with E-state index < -0.39 is 95.5 Å². The number of imidazole rings is 1. The van der Waals surface area contributed by atoms with E-state index in [-0.39, 0.29) is 57.6 Å². The number of rotatable bonds is 10. The standard InChI is InChI=1S/C44H54N14O8/c45-36(60)29-12-6-7-16-52-44(15-17-49-42(46)47)34(59)14-13-30-41(65)58(43(66)56-30)33(20-26-22-48-23-51-26)39(63)54-31(18-24-8-2-1-3-9-24)38(62)57-35(44)40(64)55-32(37(61)53-29)19-25-21-50-28-11-5-4-10-27(25)28/h1-5,8-11,21-23,29-33,35,50,52H,6-7,12-20H2,(H2,45,60)(H,48,51)(H,53,61)(H,54,63)(H,55,64)(H,56,66)(H,57,62)(H4,46,47,49)/p+1. The van der Waals surface area contributed by atoms with Gasteiger partial charge in [-0.25, -0.2) is 19.5 Å². The number of nitrogens with one attached hydrogen (secondary N) is 8. The summed E-state index contributed by atoms with van der Waals surface area (Å²) >= 11 is 0. The molecule has 0 spiro atoms. The highest BCUT2D eigenvalue weighted by Crippen LogP contribution is 2.27. The zero-order chi connectivity index (χ0) is 47.0. The van der Waals surface area contributed by atoms with Crippen LogP contribution in [0.1, 0.15) is 55.3 Å². The van der Waals surface area contributed by atoms with E-state index in [0.29, 0.717) is 29.7 Å². The maximum absolute atomic E-state index is 15.3. The SMILES string of the molecule is NC(N)=NCCC12NCCCCC(C([NH3+])=O)NC(=O)C(Cc3c[nH]c4ccccc34)NC(=O)C1NC(=O)C(Cc1ccccc1)NC(=O)C(Cc1cnc[nH]1)N1C(=O)NC(CCC2=O)C1=O. The number of benzene rings is 2. The number of imide groups is 1. The van der Waals surface area contributed by atoms with Crippen LogP contribution in [0.4, 0.5) is 4.79 Å². The first kappa shape index (κ1) is 46.5. The van der Waals surface area contributed by atoms with Gasteiger partial charge in [0.15, 0.2) is 11.7 Å². The van der Waals surface area contributed by atoms with Crippen molar-refractivity contribution in [2.45, 2.75) is 99.6 Å². The molecule has 5 heterocycles. The molecule has 3 fully saturated rings. The number of para-hydroxylation sites is 1. The van der Waals surface area contributed by atoms with Gasteiger partial charge in [0, 0.05) is 61.2 Å². The Hall–Kier alpha value is -7.46. The zero-order valence-corrected chi connectivity index (χ0v) is 36.1. The van der Waals surface area contributed by atoms with Crippen molar-refractivity contribution in [2.24, 2.45) is 16.5 Å². The molecule has 7 rings (SSSR count). The highest BCUT2D eigenvalue weighted by Gasteiger charge is 2.52. The number of quaternary nitrogens is 1. The molecular weight excluding hydrogens is 853 g/mol. The monoisotopic (exact) mass is 907 g/mol. The molecular formula is C44H55N14O8+. The number of aromatic nitrogens is 3. The number of fused-ring (bicyclic) bond motifs is 4. The summed E-state index contributed by atoms with van der Waals surface area (Å²) in [6.07, 6.45) is 3.95. The van der Waals surface area contributed by atoms with Crippen LogP contribution in [0.5, 0.6) is 0 Å². The molecule has 8 amide bonds. The number of hydrogen-bond donors (Lipinski definition) is 11. The van der Waals surface area contributed by atoms with Crippen LogP contribution in [-0.2, 0) is 52.8 Å². The minimum absolute atomic E-state index is 0.0459. The number of Topliss-reactive ketones (excluding diaryl/α,β-unsaturated/α-hetero) is 1. The average molecular weight is 908 g/mol. The lowest BCUT2D eigenvalue weighted by molar-refractivity contribution is -0.308. The normalized spacial score (nSPS) is 26.0. The number of amides is 8. The van der Waals surface area contributed by atoms with Gasteiger partial charge in [-0.05, 0) is 55.8 Å². The van der Waals surface area contributed by atoms with Gasteiger partial charge in [-0.3, -0.25) is 39.5 Å². The lowest BCUT2D eigenvalue weighted by Gasteiger charge is -2.41. The topological polar surface area (TPSA) is 348 Å². The van der Waals surface area contributed by atoms with Crippen LogP contribution in [0.15, 0.2) is 78.3 Å². The number of urea groups is 1. The summed E-state index contributed by atoms with van der Waals surface area (Å²) in [4.78, 5) is 130. The molecule has 2 aromatic carbocycles. The average Bonchev–Trinajstić information content (AvgIpc) is 4.03. The molecule has 7 unspecified atom stereocenters. The predicted molar refractivity (Wildman–Crippen MR) is 237 cm³/mol. The molecule has 0 aliphatic carbocycles. The van der Waals surface area contributed by atoms with E-state index in [0.717, 1.165) is 15.8 Å². The van der Waals surface area contributed by atoms with Crippen molar-refractivity contribution in [3.05, 3.63) is 90.1 Å². The number of hydrogen-bond acceptors (Lipinski definition) is 11. The number of ketones is 1. The van der Waals surface area contributed by atoms with E-state index in [1.165, 1.54) is 12.5 Å². The summed E-state index contributed by atoms with van der Waals surface area (Å²) < 4.78 is 0. The van der Waals surface area contributed by atoms with E-state index in [1.807, 2.05) is 24.3 Å². The molecule has 22 heteroatoms. The van der Waals surface area contributed by atoms with Crippen LogP contribution < -0.4 is 49.1 Å². The highest BCUT2D eigenvalue weighted by atomic mass is 16.2. The van der Waals surface area contributed by atoms with Gasteiger partial charge in [0.2, 0.25) is 23.6 Å². The fourth-order valence-corrected chi connectivity index (χ4v) is 8.88.